The predicted molar refractivity (Wildman–Crippen MR) is 127 cm³/mol. The van der Waals surface area contributed by atoms with E-state index in [1.54, 1.807) is 19.2 Å². The smallest absolute Gasteiger partial charge is 0.180 e. The van der Waals surface area contributed by atoms with Gasteiger partial charge < -0.3 is 15.6 Å². The number of rotatable bonds is 7. The Morgan fingerprint density at radius 1 is 1.13 bits per heavy atom. The first kappa shape index (κ1) is 22.1. The van der Waals surface area contributed by atoms with Crippen LogP contribution in [-0.2, 0) is 5.75 Å². The van der Waals surface area contributed by atoms with Crippen LogP contribution in [-0.4, -0.2) is 23.6 Å². The van der Waals surface area contributed by atoms with E-state index in [1.807, 2.05) is 54.6 Å². The lowest BCUT2D eigenvalue weighted by molar-refractivity contribution is 0.405. The summed E-state index contributed by atoms with van der Waals surface area (Å²) in [5.74, 6) is 1.46. The number of aromatic hydroxyl groups is 1. The molecular weight excluding hydrogens is 438 g/mol. The topological polar surface area (TPSA) is 80.2 Å². The maximum absolute atomic E-state index is 10.4. The van der Waals surface area contributed by atoms with E-state index in [0.29, 0.717) is 21.5 Å². The van der Waals surface area contributed by atoms with Crippen molar-refractivity contribution in [3.05, 3.63) is 82.9 Å². The number of thioether (sulfide) groups is 1. The van der Waals surface area contributed by atoms with Gasteiger partial charge in [0.15, 0.2) is 5.17 Å². The predicted octanol–water partition coefficient (Wildman–Crippen LogP) is 5.79. The third kappa shape index (κ3) is 6.19. The number of para-hydroxylation sites is 1. The zero-order valence-corrected chi connectivity index (χ0v) is 18.5. The van der Waals surface area contributed by atoms with Gasteiger partial charge in [-0.25, -0.2) is 0 Å². The van der Waals surface area contributed by atoms with Crippen molar-refractivity contribution in [2.75, 3.05) is 7.11 Å². The molecule has 3 rings (SSSR count). The number of hydrogen-bond acceptors (Lipinski definition) is 6. The Labute approximate surface area is 189 Å². The van der Waals surface area contributed by atoms with E-state index in [1.165, 1.54) is 29.7 Å². The highest BCUT2D eigenvalue weighted by Crippen LogP contribution is 2.38. The minimum absolute atomic E-state index is 0.00866. The number of phenols is 1. The summed E-state index contributed by atoms with van der Waals surface area (Å²) >= 11 is 9.18. The van der Waals surface area contributed by atoms with E-state index < -0.39 is 0 Å². The van der Waals surface area contributed by atoms with Gasteiger partial charge in [-0.2, -0.15) is 5.10 Å². The molecule has 30 heavy (non-hydrogen) atoms. The first-order valence-electron chi connectivity index (χ1n) is 8.93. The maximum atomic E-state index is 10.4. The highest BCUT2D eigenvalue weighted by atomic mass is 35.5. The number of amidine groups is 1. The molecule has 0 fully saturated rings. The van der Waals surface area contributed by atoms with Crippen molar-refractivity contribution >= 4 is 46.5 Å². The number of hydrogen-bond donors (Lipinski definition) is 2. The Kier molecular flexibility index (Phi) is 8.07. The van der Waals surface area contributed by atoms with Crippen LogP contribution < -0.4 is 10.5 Å². The summed E-state index contributed by atoms with van der Waals surface area (Å²) in [6.45, 7) is 0. The SMILES string of the molecule is COc1ccccc1Sc1cc(O)c(C=NN=C(N)SCc2ccccc2)c(Cl)c1. The van der Waals surface area contributed by atoms with Crippen LogP contribution in [0.2, 0.25) is 5.02 Å². The molecule has 0 saturated carbocycles. The molecule has 0 aliphatic heterocycles. The molecule has 0 aliphatic rings. The zero-order valence-electron chi connectivity index (χ0n) is 16.2. The molecule has 5 nitrogen and oxygen atoms in total. The third-order valence-electron chi connectivity index (χ3n) is 3.95. The van der Waals surface area contributed by atoms with Crippen LogP contribution in [0, 0.1) is 0 Å². The molecule has 0 aliphatic carbocycles. The van der Waals surface area contributed by atoms with Gasteiger partial charge in [-0.1, -0.05) is 77.6 Å². The van der Waals surface area contributed by atoms with Crippen LogP contribution in [0.4, 0.5) is 0 Å². The Balaban J connectivity index is 1.67. The normalized spacial score (nSPS) is 11.7. The van der Waals surface area contributed by atoms with Crippen LogP contribution in [0.25, 0.3) is 0 Å². The van der Waals surface area contributed by atoms with Crippen molar-refractivity contribution in [3.63, 3.8) is 0 Å². The molecule has 3 aromatic rings. The van der Waals surface area contributed by atoms with Crippen LogP contribution in [0.1, 0.15) is 11.1 Å². The monoisotopic (exact) mass is 457 g/mol. The number of methoxy groups -OCH3 is 1. The summed E-state index contributed by atoms with van der Waals surface area (Å²) in [5.41, 5.74) is 7.41. The minimum Gasteiger partial charge on any atom is -0.507 e. The first-order valence-corrected chi connectivity index (χ1v) is 11.1. The summed E-state index contributed by atoms with van der Waals surface area (Å²) in [6, 6.07) is 21.0. The van der Waals surface area contributed by atoms with Crippen LogP contribution in [0.3, 0.4) is 0 Å². The molecule has 0 saturated heterocycles. The largest absolute Gasteiger partial charge is 0.507 e. The van der Waals surface area contributed by atoms with E-state index >= 15 is 0 Å². The van der Waals surface area contributed by atoms with Crippen molar-refractivity contribution in [2.24, 2.45) is 15.9 Å². The molecule has 3 N–H and O–H groups in total. The summed E-state index contributed by atoms with van der Waals surface area (Å²) in [7, 11) is 1.62. The summed E-state index contributed by atoms with van der Waals surface area (Å²) in [4.78, 5) is 1.70. The lowest BCUT2D eigenvalue weighted by atomic mass is 10.2. The average Bonchev–Trinajstić information content (AvgIpc) is 2.75. The van der Waals surface area contributed by atoms with Crippen LogP contribution >= 0.6 is 35.1 Å². The van der Waals surface area contributed by atoms with Crippen LogP contribution in [0.5, 0.6) is 11.5 Å². The molecule has 3 aromatic carbocycles. The minimum atomic E-state index is 0.00866. The van der Waals surface area contributed by atoms with Gasteiger partial charge in [0, 0.05) is 10.6 Å². The maximum Gasteiger partial charge on any atom is 0.180 e. The standard InChI is InChI=1S/C22H20ClN3O2S2/c1-28-20-9-5-6-10-21(20)30-16-11-18(23)17(19(27)12-16)13-25-26-22(24)29-14-15-7-3-2-4-8-15/h2-13,27H,14H2,1H3,(H2,24,26). The lowest BCUT2D eigenvalue weighted by Gasteiger charge is -2.09. The number of halogens is 1. The number of nitrogens with zero attached hydrogens (tertiary/aromatic N) is 2. The highest BCUT2D eigenvalue weighted by Gasteiger charge is 2.10. The van der Waals surface area contributed by atoms with E-state index in [-0.39, 0.29) is 5.75 Å². The quantitative estimate of drug-likeness (QED) is 0.267. The highest BCUT2D eigenvalue weighted by molar-refractivity contribution is 8.13. The van der Waals surface area contributed by atoms with E-state index in [0.717, 1.165) is 21.1 Å². The molecule has 0 unspecified atom stereocenters. The van der Waals surface area contributed by atoms with E-state index in [2.05, 4.69) is 10.2 Å². The Bertz CT molecular complexity index is 1040. The molecule has 0 amide bonds. The average molecular weight is 458 g/mol. The number of phenolic OH excluding ortho intramolecular Hbond substituents is 1. The second-order valence-corrected chi connectivity index (χ2v) is 8.57. The Morgan fingerprint density at radius 2 is 1.87 bits per heavy atom. The van der Waals surface area contributed by atoms with Crippen molar-refractivity contribution in [2.45, 2.75) is 15.5 Å². The second kappa shape index (κ2) is 11.0. The van der Waals surface area contributed by atoms with Gasteiger partial charge in [-0.3, -0.25) is 0 Å². The van der Waals surface area contributed by atoms with Gasteiger partial charge in [0.05, 0.1) is 28.8 Å². The van der Waals surface area contributed by atoms with Crippen molar-refractivity contribution in [1.82, 2.24) is 0 Å². The molecular formula is C22H20ClN3O2S2. The molecule has 0 atom stereocenters. The molecule has 8 heteroatoms. The fraction of sp³-hybridized carbons (Fsp3) is 0.0909. The first-order chi connectivity index (χ1) is 14.6. The fourth-order valence-electron chi connectivity index (χ4n) is 2.50. The van der Waals surface area contributed by atoms with E-state index in [4.69, 9.17) is 22.1 Å². The van der Waals surface area contributed by atoms with Gasteiger partial charge in [0.1, 0.15) is 11.5 Å². The summed E-state index contributed by atoms with van der Waals surface area (Å²) in [5, 5.41) is 19.0. The van der Waals surface area contributed by atoms with Gasteiger partial charge in [-0.15, -0.1) is 5.10 Å². The van der Waals surface area contributed by atoms with Crippen LogP contribution in [0.15, 0.2) is 86.7 Å². The fourth-order valence-corrected chi connectivity index (χ4v) is 4.44. The van der Waals surface area contributed by atoms with Gasteiger partial charge in [0.25, 0.3) is 0 Å². The van der Waals surface area contributed by atoms with E-state index in [9.17, 15) is 5.11 Å². The molecule has 154 valence electrons. The summed E-state index contributed by atoms with van der Waals surface area (Å²) < 4.78 is 5.36. The van der Waals surface area contributed by atoms with Gasteiger partial charge >= 0.3 is 0 Å². The molecule has 0 spiro atoms. The third-order valence-corrected chi connectivity index (χ3v) is 6.15. The Morgan fingerprint density at radius 3 is 2.60 bits per heavy atom. The van der Waals surface area contributed by atoms with Crippen molar-refractivity contribution in [3.8, 4) is 11.5 Å². The lowest BCUT2D eigenvalue weighted by Crippen LogP contribution is -2.06. The molecule has 0 bridgehead atoms. The molecule has 0 radical (unpaired) electrons. The zero-order chi connectivity index (χ0) is 21.3. The van der Waals surface area contributed by atoms with Crippen molar-refractivity contribution < 1.29 is 9.84 Å². The Hall–Kier alpha value is -2.61. The molecule has 0 heterocycles. The number of ether oxygens (including phenoxy) is 1. The summed E-state index contributed by atoms with van der Waals surface area (Å²) in [6.07, 6.45) is 1.39. The second-order valence-electron chi connectivity index (χ2n) is 6.05. The van der Waals surface area contributed by atoms with Gasteiger partial charge in [0.2, 0.25) is 0 Å². The number of nitrogens with two attached hydrogens (primary N) is 1. The number of benzene rings is 3. The van der Waals surface area contributed by atoms with Gasteiger partial charge in [-0.05, 0) is 29.8 Å². The van der Waals surface area contributed by atoms with Crippen molar-refractivity contribution in [1.29, 1.82) is 0 Å². The molecule has 0 aromatic heterocycles.